The SMILES string of the molecule is COc1cc(N(C(N)O)[C@@H](C[N+]2(CCO)CCC(Cc3ccc(Cl)c(Cl)c3)CC2)C(C)C)cc(OC)c1OC. The second kappa shape index (κ2) is 14.1. The third kappa shape index (κ3) is 7.63. The largest absolute Gasteiger partial charge is 0.493 e. The van der Waals surface area contributed by atoms with Gasteiger partial charge in [-0.05, 0) is 48.8 Å². The number of ether oxygens (including phenoxy) is 3. The van der Waals surface area contributed by atoms with Gasteiger partial charge in [-0.1, -0.05) is 43.1 Å². The third-order valence-corrected chi connectivity index (χ3v) is 8.78. The van der Waals surface area contributed by atoms with Crippen LogP contribution in [-0.4, -0.2) is 81.2 Å². The Morgan fingerprint density at radius 2 is 1.62 bits per heavy atom. The highest BCUT2D eigenvalue weighted by molar-refractivity contribution is 6.42. The molecule has 39 heavy (non-hydrogen) atoms. The molecule has 8 nitrogen and oxygen atoms in total. The second-order valence-corrected chi connectivity index (χ2v) is 11.6. The quantitative estimate of drug-likeness (QED) is 0.235. The Hall–Kier alpha value is -1.94. The number of rotatable bonds is 13. The lowest BCUT2D eigenvalue weighted by molar-refractivity contribution is -0.934. The van der Waals surface area contributed by atoms with Crippen molar-refractivity contribution in [1.82, 2.24) is 0 Å². The molecule has 0 amide bonds. The Morgan fingerprint density at radius 3 is 2.08 bits per heavy atom. The second-order valence-electron chi connectivity index (χ2n) is 10.8. The van der Waals surface area contributed by atoms with Gasteiger partial charge in [0.25, 0.3) is 0 Å². The zero-order valence-electron chi connectivity index (χ0n) is 23.7. The van der Waals surface area contributed by atoms with Gasteiger partial charge in [0.05, 0.1) is 63.7 Å². The highest BCUT2D eigenvalue weighted by atomic mass is 35.5. The first-order chi connectivity index (χ1) is 18.6. The van der Waals surface area contributed by atoms with Crippen LogP contribution in [0.1, 0.15) is 32.3 Å². The van der Waals surface area contributed by atoms with Gasteiger partial charge in [-0.25, -0.2) is 0 Å². The van der Waals surface area contributed by atoms with Crippen LogP contribution >= 0.6 is 23.2 Å². The first kappa shape index (κ1) is 31.6. The van der Waals surface area contributed by atoms with E-state index in [2.05, 4.69) is 13.8 Å². The van der Waals surface area contributed by atoms with Crippen molar-refractivity contribution in [3.8, 4) is 17.2 Å². The molecule has 0 aromatic heterocycles. The van der Waals surface area contributed by atoms with E-state index >= 15 is 0 Å². The van der Waals surface area contributed by atoms with Crippen molar-refractivity contribution >= 4 is 28.9 Å². The molecule has 3 rings (SSSR count). The molecule has 1 fully saturated rings. The number of quaternary nitrogens is 1. The molecule has 2 aromatic rings. The maximum Gasteiger partial charge on any atom is 0.203 e. The molecule has 0 spiro atoms. The Bertz CT molecular complexity index is 1050. The third-order valence-electron chi connectivity index (χ3n) is 8.04. The number of nitrogens with two attached hydrogens (primary N) is 1. The maximum atomic E-state index is 10.8. The van der Waals surface area contributed by atoms with Crippen molar-refractivity contribution in [2.45, 2.75) is 45.5 Å². The van der Waals surface area contributed by atoms with Crippen LogP contribution in [-0.2, 0) is 6.42 Å². The summed E-state index contributed by atoms with van der Waals surface area (Å²) >= 11 is 12.3. The molecule has 0 radical (unpaired) electrons. The van der Waals surface area contributed by atoms with Crippen molar-refractivity contribution in [3.63, 3.8) is 0 Å². The summed E-state index contributed by atoms with van der Waals surface area (Å²) in [5.41, 5.74) is 8.07. The highest BCUT2D eigenvalue weighted by Crippen LogP contribution is 2.42. The minimum Gasteiger partial charge on any atom is -0.493 e. The average Bonchev–Trinajstić information content (AvgIpc) is 2.91. The van der Waals surface area contributed by atoms with Gasteiger partial charge >= 0.3 is 0 Å². The number of halogens is 2. The molecule has 1 aliphatic rings. The van der Waals surface area contributed by atoms with Crippen LogP contribution in [0.25, 0.3) is 0 Å². The lowest BCUT2D eigenvalue weighted by atomic mass is 9.87. The number of aliphatic hydroxyl groups is 2. The number of hydrogen-bond donors (Lipinski definition) is 3. The fraction of sp³-hybridized carbons (Fsp3) is 0.586. The van der Waals surface area contributed by atoms with Crippen LogP contribution in [0.2, 0.25) is 10.0 Å². The number of likely N-dealkylation sites (tertiary alicyclic amines) is 1. The van der Waals surface area contributed by atoms with E-state index in [1.54, 1.807) is 21.3 Å². The van der Waals surface area contributed by atoms with Crippen LogP contribution in [0, 0.1) is 11.8 Å². The predicted molar refractivity (Wildman–Crippen MR) is 157 cm³/mol. The lowest BCUT2D eigenvalue weighted by Gasteiger charge is -2.48. The van der Waals surface area contributed by atoms with E-state index in [0.29, 0.717) is 45.4 Å². The van der Waals surface area contributed by atoms with E-state index in [-0.39, 0.29) is 18.6 Å². The van der Waals surface area contributed by atoms with E-state index in [1.165, 1.54) is 5.56 Å². The van der Waals surface area contributed by atoms with E-state index in [9.17, 15) is 10.2 Å². The summed E-state index contributed by atoms with van der Waals surface area (Å²) in [6.07, 6.45) is 1.75. The van der Waals surface area contributed by atoms with Crippen molar-refractivity contribution in [2.24, 2.45) is 17.6 Å². The van der Waals surface area contributed by atoms with Crippen molar-refractivity contribution in [1.29, 1.82) is 0 Å². The van der Waals surface area contributed by atoms with Gasteiger partial charge in [0, 0.05) is 17.8 Å². The van der Waals surface area contributed by atoms with Crippen LogP contribution < -0.4 is 24.8 Å². The summed E-state index contributed by atoms with van der Waals surface area (Å²) in [5, 5.41) is 22.1. The summed E-state index contributed by atoms with van der Waals surface area (Å²) in [7, 11) is 4.68. The molecule has 1 unspecified atom stereocenters. The molecule has 4 N–H and O–H groups in total. The fourth-order valence-corrected chi connectivity index (χ4v) is 6.18. The van der Waals surface area contributed by atoms with Crippen LogP contribution in [0.5, 0.6) is 17.2 Å². The number of anilines is 1. The Kier molecular flexibility index (Phi) is 11.4. The van der Waals surface area contributed by atoms with Gasteiger partial charge in [-0.15, -0.1) is 0 Å². The molecule has 1 saturated heterocycles. The molecule has 2 atom stereocenters. The van der Waals surface area contributed by atoms with E-state index in [1.807, 2.05) is 35.2 Å². The van der Waals surface area contributed by atoms with Crippen LogP contribution in [0.15, 0.2) is 30.3 Å². The smallest absolute Gasteiger partial charge is 0.203 e. The minimum atomic E-state index is -1.25. The molecular formula is C29H44Cl2N3O5+. The Balaban J connectivity index is 1.86. The molecule has 10 heteroatoms. The monoisotopic (exact) mass is 584 g/mol. The fourth-order valence-electron chi connectivity index (χ4n) is 5.86. The van der Waals surface area contributed by atoms with E-state index in [4.69, 9.17) is 43.1 Å². The minimum absolute atomic E-state index is 0.0949. The Labute approximate surface area is 242 Å². The van der Waals surface area contributed by atoms with Crippen molar-refractivity contribution in [2.75, 3.05) is 59.0 Å². The molecule has 0 saturated carbocycles. The van der Waals surface area contributed by atoms with Crippen LogP contribution in [0.4, 0.5) is 5.69 Å². The number of hydrogen-bond acceptors (Lipinski definition) is 7. The standard InChI is InChI=1S/C29H44Cl2N3O5/c1-19(2)25(33(29(32)36)22-16-26(37-3)28(39-5)27(17-22)38-4)18-34(12-13-35)10-8-20(9-11-34)14-21-6-7-23(30)24(31)15-21/h6-7,15-17,19-20,25,29,35-36H,8-14,18,32H2,1-5H3/q+1/t20?,25-,29?,34?/m0/s1. The van der Waals surface area contributed by atoms with Crippen LogP contribution in [0.3, 0.4) is 0 Å². The molecule has 0 bridgehead atoms. The number of aliphatic hydroxyl groups excluding tert-OH is 2. The van der Waals surface area contributed by atoms with E-state index in [0.717, 1.165) is 43.4 Å². The Morgan fingerprint density at radius 1 is 1.00 bits per heavy atom. The molecule has 218 valence electrons. The maximum absolute atomic E-state index is 10.8. The first-order valence-electron chi connectivity index (χ1n) is 13.5. The number of piperidine rings is 1. The zero-order chi connectivity index (χ0) is 28.7. The van der Waals surface area contributed by atoms with Crippen molar-refractivity contribution < 1.29 is 28.9 Å². The van der Waals surface area contributed by atoms with Gasteiger partial charge in [-0.3, -0.25) is 5.73 Å². The average molecular weight is 586 g/mol. The predicted octanol–water partition coefficient (Wildman–Crippen LogP) is 4.55. The topological polar surface area (TPSA) is 97.4 Å². The number of nitrogens with zero attached hydrogens (tertiary/aromatic N) is 2. The first-order valence-corrected chi connectivity index (χ1v) is 14.3. The van der Waals surface area contributed by atoms with E-state index < -0.39 is 6.35 Å². The van der Waals surface area contributed by atoms with Gasteiger partial charge in [0.2, 0.25) is 5.75 Å². The van der Waals surface area contributed by atoms with Gasteiger partial charge in [-0.2, -0.15) is 0 Å². The van der Waals surface area contributed by atoms with Gasteiger partial charge < -0.3 is 33.8 Å². The molecule has 1 heterocycles. The molecule has 1 aliphatic heterocycles. The molecule has 2 aromatic carbocycles. The number of methoxy groups -OCH3 is 3. The van der Waals surface area contributed by atoms with Gasteiger partial charge in [0.1, 0.15) is 6.54 Å². The summed E-state index contributed by atoms with van der Waals surface area (Å²) < 4.78 is 17.4. The van der Waals surface area contributed by atoms with Gasteiger partial charge in [0.15, 0.2) is 17.9 Å². The summed E-state index contributed by atoms with van der Waals surface area (Å²) in [4.78, 5) is 1.83. The molecule has 0 aliphatic carbocycles. The molecular weight excluding hydrogens is 541 g/mol. The van der Waals surface area contributed by atoms with Crippen molar-refractivity contribution in [3.05, 3.63) is 45.9 Å². The highest BCUT2D eigenvalue weighted by Gasteiger charge is 2.40. The summed E-state index contributed by atoms with van der Waals surface area (Å²) in [5.74, 6) is 2.13. The summed E-state index contributed by atoms with van der Waals surface area (Å²) in [6, 6.07) is 9.37. The summed E-state index contributed by atoms with van der Waals surface area (Å²) in [6.45, 7) is 7.58. The lowest BCUT2D eigenvalue weighted by Crippen LogP contribution is -2.63. The zero-order valence-corrected chi connectivity index (χ0v) is 25.2. The number of benzene rings is 2. The normalized spacial score (nSPS) is 20.9.